The number of benzene rings is 1. The predicted molar refractivity (Wildman–Crippen MR) is 88.2 cm³/mol. The second-order valence-corrected chi connectivity index (χ2v) is 4.87. The molecule has 0 atom stereocenters. The van der Waals surface area contributed by atoms with E-state index >= 15 is 0 Å². The van der Waals surface area contributed by atoms with E-state index in [1.807, 2.05) is 13.8 Å². The third-order valence-corrected chi connectivity index (χ3v) is 3.21. The van der Waals surface area contributed by atoms with Crippen LogP contribution >= 0.6 is 0 Å². The quantitative estimate of drug-likeness (QED) is 0.827. The van der Waals surface area contributed by atoms with Crippen molar-refractivity contribution in [3.63, 3.8) is 0 Å². The molecule has 0 bridgehead atoms. The first kappa shape index (κ1) is 16.3. The lowest BCUT2D eigenvalue weighted by Crippen LogP contribution is -2.26. The molecule has 1 heterocycles. The van der Waals surface area contributed by atoms with E-state index in [2.05, 4.69) is 21.7 Å². The Balaban J connectivity index is 2.25. The summed E-state index contributed by atoms with van der Waals surface area (Å²) in [5.74, 6) is 1.69. The van der Waals surface area contributed by atoms with Crippen molar-refractivity contribution in [1.29, 1.82) is 0 Å². The number of aryl methyl sites for hydroxylation is 2. The fourth-order valence-corrected chi connectivity index (χ4v) is 2.17. The van der Waals surface area contributed by atoms with Crippen LogP contribution in [-0.2, 0) is 6.54 Å². The Morgan fingerprint density at radius 2 is 2.04 bits per heavy atom. The molecular weight excluding hydrogens is 292 g/mol. The molecule has 2 amide bonds. The molecule has 0 aliphatic carbocycles. The fourth-order valence-electron chi connectivity index (χ4n) is 2.17. The van der Waals surface area contributed by atoms with Gasteiger partial charge in [0.1, 0.15) is 5.69 Å². The zero-order valence-corrected chi connectivity index (χ0v) is 13.1. The van der Waals surface area contributed by atoms with Gasteiger partial charge >= 0.3 is 0 Å². The molecule has 1 aromatic carbocycles. The standard InChI is InChI=1S/C17H18N4O2/c1-4-10-18-16(22)13-8-6-7-9-14(13)19-17(23)15-11-12(3)20-21(15)5-2/h1,6-9,11H,5,10H2,2-3H3,(H,18,22)(H,19,23). The number of anilines is 1. The van der Waals surface area contributed by atoms with Crippen LogP contribution in [0.25, 0.3) is 0 Å². The summed E-state index contributed by atoms with van der Waals surface area (Å²) < 4.78 is 1.62. The van der Waals surface area contributed by atoms with Gasteiger partial charge in [-0.1, -0.05) is 18.1 Å². The summed E-state index contributed by atoms with van der Waals surface area (Å²) in [6.07, 6.45) is 5.14. The summed E-state index contributed by atoms with van der Waals surface area (Å²) >= 11 is 0. The van der Waals surface area contributed by atoms with E-state index in [1.54, 1.807) is 35.0 Å². The van der Waals surface area contributed by atoms with Gasteiger partial charge in [0, 0.05) is 6.54 Å². The highest BCUT2D eigenvalue weighted by atomic mass is 16.2. The molecular formula is C17H18N4O2. The Bertz CT molecular complexity index is 771. The predicted octanol–water partition coefficient (Wildman–Crippen LogP) is 1.83. The number of nitrogens with zero attached hydrogens (tertiary/aromatic N) is 2. The number of nitrogens with one attached hydrogen (secondary N) is 2. The van der Waals surface area contributed by atoms with Crippen LogP contribution < -0.4 is 10.6 Å². The minimum absolute atomic E-state index is 0.128. The second-order valence-electron chi connectivity index (χ2n) is 4.87. The topological polar surface area (TPSA) is 76.0 Å². The van der Waals surface area contributed by atoms with Crippen molar-refractivity contribution < 1.29 is 9.59 Å². The van der Waals surface area contributed by atoms with E-state index in [9.17, 15) is 9.59 Å². The number of hydrogen-bond donors (Lipinski definition) is 2. The molecule has 6 heteroatoms. The first-order chi connectivity index (χ1) is 11.1. The van der Waals surface area contributed by atoms with Gasteiger partial charge in [0.15, 0.2) is 0 Å². The van der Waals surface area contributed by atoms with E-state index in [4.69, 9.17) is 6.42 Å². The highest BCUT2D eigenvalue weighted by Gasteiger charge is 2.16. The number of para-hydroxylation sites is 1. The lowest BCUT2D eigenvalue weighted by Gasteiger charge is -2.11. The smallest absolute Gasteiger partial charge is 0.273 e. The lowest BCUT2D eigenvalue weighted by atomic mass is 10.1. The minimum Gasteiger partial charge on any atom is -0.341 e. The molecule has 1 aromatic heterocycles. The highest BCUT2D eigenvalue weighted by molar-refractivity contribution is 6.08. The van der Waals surface area contributed by atoms with Gasteiger partial charge in [-0.2, -0.15) is 5.10 Å². The van der Waals surface area contributed by atoms with Crippen LogP contribution in [0.2, 0.25) is 0 Å². The normalized spacial score (nSPS) is 9.96. The van der Waals surface area contributed by atoms with Gasteiger partial charge in [-0.15, -0.1) is 6.42 Å². The van der Waals surface area contributed by atoms with Crippen LogP contribution in [0.4, 0.5) is 5.69 Å². The number of aromatic nitrogens is 2. The first-order valence-corrected chi connectivity index (χ1v) is 7.23. The van der Waals surface area contributed by atoms with Crippen molar-refractivity contribution in [1.82, 2.24) is 15.1 Å². The van der Waals surface area contributed by atoms with Crippen LogP contribution in [-0.4, -0.2) is 28.1 Å². The fraction of sp³-hybridized carbons (Fsp3) is 0.235. The summed E-state index contributed by atoms with van der Waals surface area (Å²) in [6, 6.07) is 8.47. The second kappa shape index (κ2) is 7.27. The monoisotopic (exact) mass is 310 g/mol. The average Bonchev–Trinajstić information content (AvgIpc) is 2.94. The summed E-state index contributed by atoms with van der Waals surface area (Å²) in [5.41, 5.74) is 1.99. The summed E-state index contributed by atoms with van der Waals surface area (Å²) in [7, 11) is 0. The zero-order chi connectivity index (χ0) is 16.8. The Morgan fingerprint density at radius 1 is 1.30 bits per heavy atom. The molecule has 2 N–H and O–H groups in total. The maximum atomic E-state index is 12.5. The van der Waals surface area contributed by atoms with Crippen LogP contribution in [0.3, 0.4) is 0 Å². The van der Waals surface area contributed by atoms with Crippen LogP contribution in [0.15, 0.2) is 30.3 Å². The van der Waals surface area contributed by atoms with Gasteiger partial charge in [-0.25, -0.2) is 0 Å². The van der Waals surface area contributed by atoms with Crippen LogP contribution in [0, 0.1) is 19.3 Å². The molecule has 118 valence electrons. The lowest BCUT2D eigenvalue weighted by molar-refractivity contribution is 0.0959. The Morgan fingerprint density at radius 3 is 2.74 bits per heavy atom. The maximum absolute atomic E-state index is 12.5. The van der Waals surface area contributed by atoms with Crippen molar-refractivity contribution >= 4 is 17.5 Å². The van der Waals surface area contributed by atoms with Crippen molar-refractivity contribution in [2.75, 3.05) is 11.9 Å². The number of hydrogen-bond acceptors (Lipinski definition) is 3. The van der Waals surface area contributed by atoms with Gasteiger partial charge in [-0.05, 0) is 32.0 Å². The van der Waals surface area contributed by atoms with Crippen molar-refractivity contribution in [2.24, 2.45) is 0 Å². The first-order valence-electron chi connectivity index (χ1n) is 7.23. The molecule has 0 unspecified atom stereocenters. The van der Waals surface area contributed by atoms with E-state index < -0.39 is 0 Å². The van der Waals surface area contributed by atoms with Gasteiger partial charge < -0.3 is 10.6 Å². The van der Waals surface area contributed by atoms with Crippen molar-refractivity contribution in [3.05, 3.63) is 47.3 Å². The number of rotatable bonds is 5. The summed E-state index contributed by atoms with van der Waals surface area (Å²) in [4.78, 5) is 24.6. The molecule has 6 nitrogen and oxygen atoms in total. The van der Waals surface area contributed by atoms with Gasteiger partial charge in [0.05, 0.1) is 23.5 Å². The molecule has 0 saturated heterocycles. The molecule has 0 aliphatic rings. The molecule has 0 saturated carbocycles. The van der Waals surface area contributed by atoms with Crippen molar-refractivity contribution in [2.45, 2.75) is 20.4 Å². The third-order valence-electron chi connectivity index (χ3n) is 3.21. The third kappa shape index (κ3) is 3.77. The Kier molecular flexibility index (Phi) is 5.15. The highest BCUT2D eigenvalue weighted by Crippen LogP contribution is 2.16. The molecule has 23 heavy (non-hydrogen) atoms. The van der Waals surface area contributed by atoms with Gasteiger partial charge in [-0.3, -0.25) is 14.3 Å². The largest absolute Gasteiger partial charge is 0.341 e. The minimum atomic E-state index is -0.334. The summed E-state index contributed by atoms with van der Waals surface area (Å²) in [6.45, 7) is 4.44. The van der Waals surface area contributed by atoms with E-state index in [1.165, 1.54) is 0 Å². The number of amides is 2. The Labute approximate surface area is 134 Å². The van der Waals surface area contributed by atoms with E-state index in [0.29, 0.717) is 23.5 Å². The molecule has 2 aromatic rings. The van der Waals surface area contributed by atoms with Crippen molar-refractivity contribution in [3.8, 4) is 12.3 Å². The SMILES string of the molecule is C#CCNC(=O)c1ccccc1NC(=O)c1cc(C)nn1CC. The average molecular weight is 310 g/mol. The van der Waals surface area contributed by atoms with Gasteiger partial charge in [0.25, 0.3) is 11.8 Å². The molecule has 2 rings (SSSR count). The van der Waals surface area contributed by atoms with Crippen LogP contribution in [0.1, 0.15) is 33.5 Å². The van der Waals surface area contributed by atoms with E-state index in [0.717, 1.165) is 5.69 Å². The Hall–Kier alpha value is -3.07. The maximum Gasteiger partial charge on any atom is 0.273 e. The number of terminal acetylenes is 1. The number of carbonyl (C=O) groups excluding carboxylic acids is 2. The van der Waals surface area contributed by atoms with E-state index in [-0.39, 0.29) is 18.4 Å². The van der Waals surface area contributed by atoms with Crippen LogP contribution in [0.5, 0.6) is 0 Å². The van der Waals surface area contributed by atoms with Gasteiger partial charge in [0.2, 0.25) is 0 Å². The molecule has 0 aliphatic heterocycles. The number of carbonyl (C=O) groups is 2. The molecule has 0 fully saturated rings. The zero-order valence-electron chi connectivity index (χ0n) is 13.1. The molecule has 0 radical (unpaired) electrons. The summed E-state index contributed by atoms with van der Waals surface area (Å²) in [5, 5.41) is 9.59. The molecule has 0 spiro atoms.